The molecule has 0 saturated heterocycles. The smallest absolute Gasteiger partial charge is 0.345 e. The van der Waals surface area contributed by atoms with Crippen molar-refractivity contribution in [1.82, 2.24) is 9.55 Å². The number of halogens is 1. The van der Waals surface area contributed by atoms with Crippen LogP contribution in [0.5, 0.6) is 0 Å². The van der Waals surface area contributed by atoms with Gasteiger partial charge in [-0.1, -0.05) is 11.6 Å². The maximum atomic E-state index is 12.1. The third-order valence-electron chi connectivity index (χ3n) is 2.83. The molecule has 2 heterocycles. The lowest BCUT2D eigenvalue weighted by Crippen LogP contribution is -2.27. The van der Waals surface area contributed by atoms with E-state index in [2.05, 4.69) is 4.98 Å². The number of aromatic nitrogens is 2. The number of rotatable bonds is 3. The number of carbonyl (C=O) groups is 1. The molecule has 0 aromatic carbocycles. The second-order valence-electron chi connectivity index (χ2n) is 4.10. The number of hydrogen-bond acceptors (Lipinski definition) is 6. The minimum atomic E-state index is -0.878. The number of nitrogens with zero attached hydrogens (tertiary/aromatic N) is 3. The normalized spacial score (nSPS) is 10.6. The zero-order chi connectivity index (χ0) is 15.7. The molecule has 2 aromatic rings. The minimum absolute atomic E-state index is 0.0730. The summed E-state index contributed by atoms with van der Waals surface area (Å²) in [6, 6.07) is 1.16. The third kappa shape index (κ3) is 2.45. The Balaban J connectivity index is 2.85. The van der Waals surface area contributed by atoms with Crippen molar-refractivity contribution in [2.24, 2.45) is 7.05 Å². The summed E-state index contributed by atoms with van der Waals surface area (Å²) in [5.74, 6) is -0.878. The molecule has 0 aliphatic carbocycles. The van der Waals surface area contributed by atoms with Gasteiger partial charge in [-0.15, -0.1) is 0 Å². The van der Waals surface area contributed by atoms with E-state index in [4.69, 9.17) is 16.3 Å². The average molecular weight is 312 g/mol. The number of esters is 1. The molecular formula is C12H10ClN3O5. The first-order valence-electron chi connectivity index (χ1n) is 5.88. The van der Waals surface area contributed by atoms with Gasteiger partial charge in [0, 0.05) is 18.5 Å². The molecule has 2 rings (SSSR count). The van der Waals surface area contributed by atoms with Crippen molar-refractivity contribution in [2.45, 2.75) is 6.92 Å². The number of hydrogen-bond donors (Lipinski definition) is 0. The van der Waals surface area contributed by atoms with Crippen LogP contribution in [0, 0.1) is 10.1 Å². The van der Waals surface area contributed by atoms with Gasteiger partial charge >= 0.3 is 5.97 Å². The Morgan fingerprint density at radius 3 is 2.81 bits per heavy atom. The molecule has 0 aliphatic heterocycles. The van der Waals surface area contributed by atoms with Crippen molar-refractivity contribution in [3.8, 4) is 0 Å². The van der Waals surface area contributed by atoms with Gasteiger partial charge in [-0.3, -0.25) is 19.5 Å². The predicted molar refractivity (Wildman–Crippen MR) is 74.6 cm³/mol. The van der Waals surface area contributed by atoms with Crippen LogP contribution in [0.25, 0.3) is 11.0 Å². The number of ether oxygens (including phenoxy) is 1. The summed E-state index contributed by atoms with van der Waals surface area (Å²) in [6.45, 7) is 1.66. The summed E-state index contributed by atoms with van der Waals surface area (Å²) in [4.78, 5) is 38.0. The van der Waals surface area contributed by atoms with Crippen LogP contribution < -0.4 is 5.56 Å². The summed E-state index contributed by atoms with van der Waals surface area (Å²) >= 11 is 6.05. The van der Waals surface area contributed by atoms with Gasteiger partial charge in [-0.2, -0.15) is 0 Å². The summed E-state index contributed by atoms with van der Waals surface area (Å²) < 4.78 is 5.87. The molecule has 0 unspecified atom stereocenters. The Morgan fingerprint density at radius 2 is 2.24 bits per heavy atom. The second kappa shape index (κ2) is 5.49. The molecule has 0 radical (unpaired) electrons. The zero-order valence-corrected chi connectivity index (χ0v) is 11.9. The molecule has 0 N–H and O–H groups in total. The van der Waals surface area contributed by atoms with Gasteiger partial charge in [0.1, 0.15) is 17.4 Å². The van der Waals surface area contributed by atoms with E-state index in [9.17, 15) is 19.7 Å². The van der Waals surface area contributed by atoms with Gasteiger partial charge in [-0.25, -0.2) is 9.78 Å². The number of fused-ring (bicyclic) bond motifs is 1. The second-order valence-corrected chi connectivity index (χ2v) is 4.47. The molecule has 0 amide bonds. The maximum absolute atomic E-state index is 12.1. The third-order valence-corrected chi connectivity index (χ3v) is 3.23. The minimum Gasteiger partial charge on any atom is -0.462 e. The Kier molecular flexibility index (Phi) is 3.90. The quantitative estimate of drug-likeness (QED) is 0.485. The average Bonchev–Trinajstić information content (AvgIpc) is 2.44. The number of carbonyl (C=O) groups excluding carboxylic acids is 1. The van der Waals surface area contributed by atoms with Crippen molar-refractivity contribution >= 4 is 34.3 Å². The largest absolute Gasteiger partial charge is 0.462 e. The van der Waals surface area contributed by atoms with E-state index in [1.54, 1.807) is 6.92 Å². The SMILES string of the molecule is CCOC(=O)c1c(Cl)c2cc([N+](=O)[O-])cnc2n(C)c1=O. The highest BCUT2D eigenvalue weighted by Crippen LogP contribution is 2.27. The highest BCUT2D eigenvalue weighted by molar-refractivity contribution is 6.38. The van der Waals surface area contributed by atoms with Crippen LogP contribution in [0.1, 0.15) is 17.3 Å². The standard InChI is InChI=1S/C12H10ClN3O5/c1-3-21-12(18)8-9(13)7-4-6(16(19)20)5-14-10(7)15(2)11(8)17/h4-5H,3H2,1-2H3. The Hall–Kier alpha value is -2.48. The maximum Gasteiger partial charge on any atom is 0.345 e. The lowest BCUT2D eigenvalue weighted by atomic mass is 10.2. The summed E-state index contributed by atoms with van der Waals surface area (Å²) in [7, 11) is 1.39. The van der Waals surface area contributed by atoms with E-state index in [1.165, 1.54) is 7.05 Å². The highest BCUT2D eigenvalue weighted by Gasteiger charge is 2.23. The van der Waals surface area contributed by atoms with Crippen LogP contribution in [0.4, 0.5) is 5.69 Å². The number of nitro groups is 1. The van der Waals surface area contributed by atoms with E-state index >= 15 is 0 Å². The monoisotopic (exact) mass is 311 g/mol. The zero-order valence-electron chi connectivity index (χ0n) is 11.1. The van der Waals surface area contributed by atoms with Gasteiger partial charge < -0.3 is 4.74 Å². The molecule has 110 valence electrons. The number of pyridine rings is 2. The Bertz CT molecular complexity index is 815. The first-order chi connectivity index (χ1) is 9.88. The number of aryl methyl sites for hydroxylation is 1. The van der Waals surface area contributed by atoms with Gasteiger partial charge in [0.05, 0.1) is 16.6 Å². The van der Waals surface area contributed by atoms with Gasteiger partial charge in [0.25, 0.3) is 11.2 Å². The lowest BCUT2D eigenvalue weighted by molar-refractivity contribution is -0.385. The van der Waals surface area contributed by atoms with Crippen LogP contribution in [0.3, 0.4) is 0 Å². The molecular weight excluding hydrogens is 302 g/mol. The molecule has 9 heteroatoms. The van der Waals surface area contributed by atoms with E-state index in [0.29, 0.717) is 0 Å². The van der Waals surface area contributed by atoms with Crippen LogP contribution >= 0.6 is 11.6 Å². The lowest BCUT2D eigenvalue weighted by Gasteiger charge is -2.10. The molecule has 0 atom stereocenters. The predicted octanol–water partition coefficient (Wildman–Crippen LogP) is 1.67. The van der Waals surface area contributed by atoms with E-state index in [0.717, 1.165) is 16.8 Å². The summed E-state index contributed by atoms with van der Waals surface area (Å²) in [5.41, 5.74) is -1.19. The molecule has 0 bridgehead atoms. The van der Waals surface area contributed by atoms with Crippen molar-refractivity contribution in [3.63, 3.8) is 0 Å². The molecule has 0 aliphatic rings. The van der Waals surface area contributed by atoms with Gasteiger partial charge in [0.15, 0.2) is 0 Å². The van der Waals surface area contributed by atoms with E-state index in [1.807, 2.05) is 0 Å². The van der Waals surface area contributed by atoms with Crippen LogP contribution in [0.15, 0.2) is 17.1 Å². The van der Waals surface area contributed by atoms with E-state index in [-0.39, 0.29) is 33.9 Å². The molecule has 0 fully saturated rings. The molecule has 0 spiro atoms. The van der Waals surface area contributed by atoms with Crippen LogP contribution in [0.2, 0.25) is 5.02 Å². The molecule has 0 saturated carbocycles. The highest BCUT2D eigenvalue weighted by atomic mass is 35.5. The van der Waals surface area contributed by atoms with Gasteiger partial charge in [0.2, 0.25) is 0 Å². The van der Waals surface area contributed by atoms with E-state index < -0.39 is 16.5 Å². The molecule has 8 nitrogen and oxygen atoms in total. The topological polar surface area (TPSA) is 104 Å². The fourth-order valence-electron chi connectivity index (χ4n) is 1.85. The van der Waals surface area contributed by atoms with Crippen molar-refractivity contribution in [3.05, 3.63) is 43.3 Å². The van der Waals surface area contributed by atoms with Crippen molar-refractivity contribution < 1.29 is 14.5 Å². The first kappa shape index (κ1) is 14.9. The Morgan fingerprint density at radius 1 is 1.57 bits per heavy atom. The molecule has 21 heavy (non-hydrogen) atoms. The van der Waals surface area contributed by atoms with Crippen molar-refractivity contribution in [2.75, 3.05) is 6.61 Å². The van der Waals surface area contributed by atoms with Crippen LogP contribution in [-0.4, -0.2) is 27.1 Å². The Labute approximate surface area is 123 Å². The molecule has 2 aromatic heterocycles. The summed E-state index contributed by atoms with van der Waals surface area (Å²) in [6.07, 6.45) is 1.02. The summed E-state index contributed by atoms with van der Waals surface area (Å²) in [5, 5.41) is 10.7. The van der Waals surface area contributed by atoms with Gasteiger partial charge in [-0.05, 0) is 6.92 Å². The fourth-order valence-corrected chi connectivity index (χ4v) is 2.14. The fraction of sp³-hybridized carbons (Fsp3) is 0.250. The van der Waals surface area contributed by atoms with Crippen molar-refractivity contribution in [1.29, 1.82) is 0 Å². The van der Waals surface area contributed by atoms with Crippen LogP contribution in [-0.2, 0) is 11.8 Å². The first-order valence-corrected chi connectivity index (χ1v) is 6.26.